The van der Waals surface area contributed by atoms with E-state index in [-0.39, 0.29) is 0 Å². The van der Waals surface area contributed by atoms with E-state index in [1.807, 2.05) is 24.3 Å². The van der Waals surface area contributed by atoms with Crippen LogP contribution in [0.15, 0.2) is 24.3 Å². The molecule has 1 spiro atoms. The Morgan fingerprint density at radius 1 is 0.875 bits per heavy atom. The first-order valence-corrected chi connectivity index (χ1v) is 11.8. The summed E-state index contributed by atoms with van der Waals surface area (Å²) in [6.45, 7) is -0.454. The Morgan fingerprint density at radius 3 is 2.00 bits per heavy atom. The highest BCUT2D eigenvalue weighted by Gasteiger charge is 2.76. The molecular weight excluding hydrogens is 416 g/mol. The van der Waals surface area contributed by atoms with Crippen molar-refractivity contribution < 1.29 is 39.7 Å². The van der Waals surface area contributed by atoms with Gasteiger partial charge in [0.25, 0.3) is 5.79 Å². The van der Waals surface area contributed by atoms with Crippen molar-refractivity contribution in [2.75, 3.05) is 13.7 Å². The molecule has 2 saturated heterocycles. The minimum absolute atomic E-state index is 0.414. The highest BCUT2D eigenvalue weighted by atomic mass is 17.3. The summed E-state index contributed by atoms with van der Waals surface area (Å²) in [7, 11) is 1.67. The van der Waals surface area contributed by atoms with Crippen molar-refractivity contribution in [2.45, 2.75) is 74.0 Å². The average molecular weight is 449 g/mol. The molecule has 4 N–H and O–H groups in total. The monoisotopic (exact) mass is 448 g/mol. The van der Waals surface area contributed by atoms with Crippen LogP contribution in [0.4, 0.5) is 0 Å². The van der Waals surface area contributed by atoms with Gasteiger partial charge in [0, 0.05) is 12.7 Å². The summed E-state index contributed by atoms with van der Waals surface area (Å²) < 4.78 is 11.8. The summed E-state index contributed by atoms with van der Waals surface area (Å²) >= 11 is 0. The summed E-state index contributed by atoms with van der Waals surface area (Å²) in [5, 5.41) is 40.1. The van der Waals surface area contributed by atoms with E-state index in [1.165, 1.54) is 6.42 Å². The van der Waals surface area contributed by atoms with Crippen LogP contribution in [0.25, 0.3) is 0 Å². The third-order valence-electron chi connectivity index (χ3n) is 8.96. The van der Waals surface area contributed by atoms with Crippen LogP contribution >= 0.6 is 0 Å². The van der Waals surface area contributed by atoms with Crippen molar-refractivity contribution in [3.63, 3.8) is 0 Å². The Morgan fingerprint density at radius 2 is 1.50 bits per heavy atom. The Labute approximate surface area is 187 Å². The molecule has 0 aromatic heterocycles. The molecule has 8 heteroatoms. The molecule has 176 valence electrons. The molecule has 1 aromatic rings. The predicted octanol–water partition coefficient (Wildman–Crippen LogP) is 1.16. The van der Waals surface area contributed by atoms with Gasteiger partial charge in [-0.25, -0.2) is 4.89 Å². The fourth-order valence-corrected chi connectivity index (χ4v) is 7.63. The molecule has 7 rings (SSSR count). The molecule has 4 saturated carbocycles. The lowest BCUT2D eigenvalue weighted by Gasteiger charge is -2.68. The fourth-order valence-electron chi connectivity index (χ4n) is 7.63. The Hall–Kier alpha value is -1.10. The van der Waals surface area contributed by atoms with Crippen molar-refractivity contribution in [3.8, 4) is 0 Å². The lowest BCUT2D eigenvalue weighted by atomic mass is 9.47. The topological polar surface area (TPSA) is 118 Å². The average Bonchev–Trinajstić information content (AvgIpc) is 2.78. The maximum atomic E-state index is 10.5. The molecule has 2 aliphatic heterocycles. The molecule has 8 nitrogen and oxygen atoms in total. The normalized spacial score (nSPS) is 51.7. The van der Waals surface area contributed by atoms with Gasteiger partial charge in [-0.05, 0) is 61.3 Å². The minimum Gasteiger partial charge on any atom is -0.394 e. The summed E-state index contributed by atoms with van der Waals surface area (Å²) in [5.41, 5.74) is 1.02. The number of rotatable bonds is 4. The van der Waals surface area contributed by atoms with E-state index in [2.05, 4.69) is 0 Å². The Kier molecular flexibility index (Phi) is 4.99. The van der Waals surface area contributed by atoms with Gasteiger partial charge in [0.05, 0.1) is 6.61 Å². The Bertz CT molecular complexity index is 824. The fraction of sp³-hybridized carbons (Fsp3) is 0.750. The van der Waals surface area contributed by atoms with Crippen molar-refractivity contribution >= 4 is 0 Å². The van der Waals surface area contributed by atoms with E-state index < -0.39 is 48.5 Å². The van der Waals surface area contributed by atoms with Crippen LogP contribution in [0.5, 0.6) is 0 Å². The molecule has 2 heterocycles. The van der Waals surface area contributed by atoms with Gasteiger partial charge in [-0.3, -0.25) is 0 Å². The number of hydrogen-bond donors (Lipinski definition) is 4. The lowest BCUT2D eigenvalue weighted by molar-refractivity contribution is -0.645. The largest absolute Gasteiger partial charge is 0.394 e. The first kappa shape index (κ1) is 21.4. The summed E-state index contributed by atoms with van der Waals surface area (Å²) in [4.78, 5) is 11.8. The maximum Gasteiger partial charge on any atom is 0.260 e. The van der Waals surface area contributed by atoms with Crippen LogP contribution in [-0.4, -0.2) is 64.2 Å². The SMILES string of the molecule is COC1(c2ccc([C@@H]3O[C@H](CO)[C@H](O)[C@H](O)[C@H]3O)cc2)OOC12C1CC3CC(C1)CC2C3. The standard InChI is InChI=1S/C24H32O8/c1-29-24(23(31-32-24)16-7-12-6-13(9-16)10-17(23)8-12)15-4-2-14(3-5-15)22-21(28)20(27)19(26)18(11-25)30-22/h2-5,12-13,16-22,25-28H,6-11H2,1H3/t12?,13?,16?,17?,18-,19+,20+,21-,22+,23?,24?/m1/s1. The van der Waals surface area contributed by atoms with E-state index in [1.54, 1.807) is 7.11 Å². The number of ether oxygens (including phenoxy) is 2. The van der Waals surface area contributed by atoms with Gasteiger partial charge in [0.15, 0.2) is 5.60 Å². The van der Waals surface area contributed by atoms with Crippen molar-refractivity contribution in [1.82, 2.24) is 0 Å². The van der Waals surface area contributed by atoms with Crippen molar-refractivity contribution in [2.24, 2.45) is 23.7 Å². The molecule has 6 atom stereocenters. The van der Waals surface area contributed by atoms with Crippen LogP contribution in [0.2, 0.25) is 0 Å². The van der Waals surface area contributed by atoms with Crippen LogP contribution in [0.1, 0.15) is 49.3 Å². The van der Waals surface area contributed by atoms with E-state index >= 15 is 0 Å². The lowest BCUT2D eigenvalue weighted by Crippen LogP contribution is -2.76. The number of methoxy groups -OCH3 is 1. The molecular formula is C24H32O8. The van der Waals surface area contributed by atoms with E-state index in [4.69, 9.17) is 19.2 Å². The van der Waals surface area contributed by atoms with E-state index in [9.17, 15) is 20.4 Å². The predicted molar refractivity (Wildman–Crippen MR) is 110 cm³/mol. The van der Waals surface area contributed by atoms with Crippen LogP contribution in [0.3, 0.4) is 0 Å². The first-order chi connectivity index (χ1) is 15.4. The number of aliphatic hydroxyl groups is 4. The summed E-state index contributed by atoms with van der Waals surface area (Å²) in [6.07, 6.45) is 0.0700. The van der Waals surface area contributed by atoms with Gasteiger partial charge in [-0.1, -0.05) is 24.3 Å². The zero-order chi connectivity index (χ0) is 22.3. The van der Waals surface area contributed by atoms with Gasteiger partial charge in [0.1, 0.15) is 30.5 Å². The van der Waals surface area contributed by atoms with E-state index in [0.29, 0.717) is 17.4 Å². The molecule has 4 bridgehead atoms. The molecule has 6 aliphatic rings. The number of aliphatic hydroxyl groups excluding tert-OH is 4. The third-order valence-corrected chi connectivity index (χ3v) is 8.96. The third kappa shape index (κ3) is 2.66. The van der Waals surface area contributed by atoms with Gasteiger partial charge in [-0.2, -0.15) is 4.89 Å². The highest BCUT2D eigenvalue weighted by molar-refractivity contribution is 5.34. The first-order valence-electron chi connectivity index (χ1n) is 11.8. The summed E-state index contributed by atoms with van der Waals surface area (Å²) in [6, 6.07) is 7.42. The van der Waals surface area contributed by atoms with E-state index in [0.717, 1.165) is 43.1 Å². The van der Waals surface area contributed by atoms with Gasteiger partial charge in [-0.15, -0.1) is 0 Å². The molecule has 0 radical (unpaired) electrons. The van der Waals surface area contributed by atoms with Gasteiger partial charge >= 0.3 is 0 Å². The minimum atomic E-state index is -1.41. The van der Waals surface area contributed by atoms with Crippen LogP contribution in [0, 0.1) is 23.7 Å². The van der Waals surface area contributed by atoms with Crippen LogP contribution < -0.4 is 0 Å². The second-order valence-electron chi connectivity index (χ2n) is 10.5. The smallest absolute Gasteiger partial charge is 0.260 e. The second kappa shape index (κ2) is 7.45. The molecule has 0 amide bonds. The van der Waals surface area contributed by atoms with Crippen molar-refractivity contribution in [3.05, 3.63) is 35.4 Å². The summed E-state index contributed by atoms with van der Waals surface area (Å²) in [5.74, 6) is 1.44. The molecule has 4 aliphatic carbocycles. The van der Waals surface area contributed by atoms with Gasteiger partial charge in [0.2, 0.25) is 0 Å². The quantitative estimate of drug-likeness (QED) is 0.507. The highest BCUT2D eigenvalue weighted by Crippen LogP contribution is 2.69. The molecule has 1 unspecified atom stereocenters. The molecule has 6 fully saturated rings. The Balaban J connectivity index is 1.30. The molecule has 1 aromatic carbocycles. The van der Waals surface area contributed by atoms with Crippen molar-refractivity contribution in [1.29, 1.82) is 0 Å². The van der Waals surface area contributed by atoms with Gasteiger partial charge < -0.3 is 29.9 Å². The number of hydrogen-bond acceptors (Lipinski definition) is 8. The molecule has 32 heavy (non-hydrogen) atoms. The zero-order valence-corrected chi connectivity index (χ0v) is 18.2. The maximum absolute atomic E-state index is 10.5. The second-order valence-corrected chi connectivity index (χ2v) is 10.5. The van der Waals surface area contributed by atoms with Crippen LogP contribution in [-0.2, 0) is 25.0 Å². The number of benzene rings is 1. The zero-order valence-electron chi connectivity index (χ0n) is 18.2.